The number of hydrogen-bond acceptors (Lipinski definition) is 10. The summed E-state index contributed by atoms with van der Waals surface area (Å²) in [6, 6.07) is 12.4. The molecule has 1 aliphatic heterocycles. The molecule has 3 aromatic rings. The molecule has 194 valence electrons. The van der Waals surface area contributed by atoms with Crippen molar-refractivity contribution in [3.8, 4) is 23.0 Å². The van der Waals surface area contributed by atoms with Gasteiger partial charge in [0.25, 0.3) is 5.91 Å². The van der Waals surface area contributed by atoms with E-state index in [4.69, 9.17) is 28.4 Å². The topological polar surface area (TPSA) is 119 Å². The van der Waals surface area contributed by atoms with Gasteiger partial charge in [-0.3, -0.25) is 4.79 Å². The molecule has 11 heteroatoms. The number of hydrogen-bond donors (Lipinski definition) is 1. The summed E-state index contributed by atoms with van der Waals surface area (Å²) in [6.07, 6.45) is 0.411. The minimum atomic E-state index is -0.736. The number of fused-ring (bicyclic) bond motifs is 1. The lowest BCUT2D eigenvalue weighted by molar-refractivity contribution is -0.149. The Labute approximate surface area is 217 Å². The van der Waals surface area contributed by atoms with Gasteiger partial charge in [-0.05, 0) is 48.7 Å². The van der Waals surface area contributed by atoms with Crippen molar-refractivity contribution in [1.82, 2.24) is 0 Å². The molecule has 0 saturated carbocycles. The van der Waals surface area contributed by atoms with Crippen molar-refractivity contribution < 1.29 is 42.8 Å². The summed E-state index contributed by atoms with van der Waals surface area (Å²) < 4.78 is 31.3. The fourth-order valence-electron chi connectivity index (χ4n) is 3.68. The Kier molecular flexibility index (Phi) is 8.14. The molecule has 0 saturated heterocycles. The Morgan fingerprint density at radius 1 is 1.00 bits per heavy atom. The fraction of sp³-hybridized carbons (Fsp3) is 0.269. The van der Waals surface area contributed by atoms with E-state index in [1.807, 2.05) is 25.1 Å². The first-order valence-electron chi connectivity index (χ1n) is 11.2. The number of anilines is 1. The van der Waals surface area contributed by atoms with Gasteiger partial charge in [-0.25, -0.2) is 9.59 Å². The number of methoxy groups -OCH3 is 2. The zero-order chi connectivity index (χ0) is 26.4. The molecule has 0 unspecified atom stereocenters. The Bertz CT molecular complexity index is 1320. The number of esters is 2. The van der Waals surface area contributed by atoms with E-state index in [1.165, 1.54) is 25.6 Å². The second-order valence-corrected chi connectivity index (χ2v) is 9.07. The monoisotopic (exact) mass is 527 g/mol. The smallest absolute Gasteiger partial charge is 0.344 e. The van der Waals surface area contributed by atoms with Crippen LogP contribution in [-0.4, -0.2) is 52.1 Å². The molecular formula is C26H25NO9S. The highest BCUT2D eigenvalue weighted by Crippen LogP contribution is 2.37. The number of para-hydroxylation sites is 2. The number of ether oxygens (including phenoxy) is 6. The molecule has 1 N–H and O–H groups in total. The summed E-state index contributed by atoms with van der Waals surface area (Å²) in [4.78, 5) is 38.1. The number of benzene rings is 2. The predicted molar refractivity (Wildman–Crippen MR) is 134 cm³/mol. The van der Waals surface area contributed by atoms with Crippen LogP contribution in [0.4, 0.5) is 5.00 Å². The largest absolute Gasteiger partial charge is 0.493 e. The average molecular weight is 528 g/mol. The number of carbonyl (C=O) groups is 3. The van der Waals surface area contributed by atoms with E-state index >= 15 is 0 Å². The van der Waals surface area contributed by atoms with Crippen molar-refractivity contribution in [2.45, 2.75) is 13.3 Å². The first-order valence-corrected chi connectivity index (χ1v) is 12.0. The van der Waals surface area contributed by atoms with Crippen molar-refractivity contribution in [2.75, 3.05) is 39.5 Å². The lowest BCUT2D eigenvalue weighted by Gasteiger charge is -2.10. The minimum absolute atomic E-state index is 0.164. The number of thiophene rings is 1. The molecule has 1 amide bonds. The number of rotatable bonds is 10. The molecule has 37 heavy (non-hydrogen) atoms. The summed E-state index contributed by atoms with van der Waals surface area (Å²) in [5, 5.41) is 2.97. The highest BCUT2D eigenvalue weighted by atomic mass is 32.1. The SMILES string of the molecule is COC(=O)c1c(NC(=O)COC(=O)COc2ccccc2OC)sc(C)c1Cc1ccc2c(c1)OCO2. The van der Waals surface area contributed by atoms with Crippen LogP contribution in [0, 0.1) is 6.92 Å². The second-order valence-electron chi connectivity index (χ2n) is 7.85. The van der Waals surface area contributed by atoms with Crippen molar-refractivity contribution in [2.24, 2.45) is 0 Å². The van der Waals surface area contributed by atoms with E-state index < -0.39 is 31.1 Å². The molecule has 4 rings (SSSR count). The van der Waals surface area contributed by atoms with E-state index in [9.17, 15) is 14.4 Å². The van der Waals surface area contributed by atoms with Crippen molar-refractivity contribution >= 4 is 34.2 Å². The van der Waals surface area contributed by atoms with E-state index in [1.54, 1.807) is 24.3 Å². The van der Waals surface area contributed by atoms with Gasteiger partial charge in [0.05, 0.1) is 19.8 Å². The number of carbonyl (C=O) groups excluding carboxylic acids is 3. The maximum absolute atomic E-state index is 12.6. The number of amides is 1. The molecular weight excluding hydrogens is 502 g/mol. The van der Waals surface area contributed by atoms with Gasteiger partial charge < -0.3 is 33.7 Å². The van der Waals surface area contributed by atoms with Crippen LogP contribution in [0.15, 0.2) is 42.5 Å². The van der Waals surface area contributed by atoms with E-state index in [0.717, 1.165) is 10.4 Å². The maximum Gasteiger partial charge on any atom is 0.344 e. The normalized spacial score (nSPS) is 11.5. The molecule has 0 aliphatic carbocycles. The van der Waals surface area contributed by atoms with Crippen LogP contribution in [0.25, 0.3) is 0 Å². The first-order chi connectivity index (χ1) is 17.9. The quantitative estimate of drug-likeness (QED) is 0.393. The molecule has 0 fully saturated rings. The molecule has 2 aromatic carbocycles. The Hall–Kier alpha value is -4.25. The standard InChI is InChI=1S/C26H25NO9S/c1-15-17(10-16-8-9-20-21(11-16)36-14-35-20)24(26(30)32-3)25(37-15)27-22(28)12-34-23(29)13-33-19-7-5-4-6-18(19)31-2/h4-9,11H,10,12-14H2,1-3H3,(H,27,28). The lowest BCUT2D eigenvalue weighted by atomic mass is 10.0. The van der Waals surface area contributed by atoms with E-state index in [-0.39, 0.29) is 12.4 Å². The Balaban J connectivity index is 1.39. The summed E-state index contributed by atoms with van der Waals surface area (Å²) in [5.74, 6) is 0.209. The number of nitrogens with one attached hydrogen (secondary N) is 1. The maximum atomic E-state index is 12.6. The highest BCUT2D eigenvalue weighted by Gasteiger charge is 2.25. The zero-order valence-corrected chi connectivity index (χ0v) is 21.3. The molecule has 1 aromatic heterocycles. The second kappa shape index (κ2) is 11.7. The van der Waals surface area contributed by atoms with Gasteiger partial charge in [-0.1, -0.05) is 18.2 Å². The highest BCUT2D eigenvalue weighted by molar-refractivity contribution is 7.16. The van der Waals surface area contributed by atoms with Crippen LogP contribution in [0.1, 0.15) is 26.4 Å². The zero-order valence-electron chi connectivity index (χ0n) is 20.5. The van der Waals surface area contributed by atoms with Crippen molar-refractivity contribution in [3.63, 3.8) is 0 Å². The van der Waals surface area contributed by atoms with Crippen LogP contribution < -0.4 is 24.3 Å². The number of aryl methyl sites for hydroxylation is 1. The van der Waals surface area contributed by atoms with Gasteiger partial charge in [0.1, 0.15) is 5.00 Å². The van der Waals surface area contributed by atoms with Gasteiger partial charge >= 0.3 is 11.9 Å². The summed E-state index contributed by atoms with van der Waals surface area (Å²) >= 11 is 1.24. The molecule has 0 spiro atoms. The van der Waals surface area contributed by atoms with Crippen LogP contribution in [-0.2, 0) is 25.5 Å². The molecule has 0 bridgehead atoms. The third kappa shape index (κ3) is 6.12. The van der Waals surface area contributed by atoms with Gasteiger partial charge in [0.15, 0.2) is 36.2 Å². The van der Waals surface area contributed by atoms with Crippen LogP contribution >= 0.6 is 11.3 Å². The van der Waals surface area contributed by atoms with Crippen molar-refractivity contribution in [3.05, 3.63) is 64.0 Å². The first kappa shape index (κ1) is 25.8. The molecule has 10 nitrogen and oxygen atoms in total. The fourth-order valence-corrected chi connectivity index (χ4v) is 4.75. The van der Waals surface area contributed by atoms with Crippen LogP contribution in [0.5, 0.6) is 23.0 Å². The van der Waals surface area contributed by atoms with E-state index in [2.05, 4.69) is 5.32 Å². The predicted octanol–water partition coefficient (Wildman–Crippen LogP) is 3.73. The van der Waals surface area contributed by atoms with Gasteiger partial charge in [0.2, 0.25) is 6.79 Å². The van der Waals surface area contributed by atoms with Gasteiger partial charge in [-0.2, -0.15) is 0 Å². The van der Waals surface area contributed by atoms with Gasteiger partial charge in [0, 0.05) is 4.88 Å². The third-order valence-corrected chi connectivity index (χ3v) is 6.51. The molecule has 1 aliphatic rings. The Morgan fingerprint density at radius 3 is 2.51 bits per heavy atom. The third-order valence-electron chi connectivity index (χ3n) is 5.45. The molecule has 2 heterocycles. The van der Waals surface area contributed by atoms with Crippen LogP contribution in [0.3, 0.4) is 0 Å². The molecule has 0 atom stereocenters. The summed E-state index contributed by atoms with van der Waals surface area (Å²) in [5.41, 5.74) is 1.87. The van der Waals surface area contributed by atoms with E-state index in [0.29, 0.717) is 40.0 Å². The van der Waals surface area contributed by atoms with Crippen LogP contribution in [0.2, 0.25) is 0 Å². The minimum Gasteiger partial charge on any atom is -0.493 e. The lowest BCUT2D eigenvalue weighted by Crippen LogP contribution is -2.24. The van der Waals surface area contributed by atoms with Gasteiger partial charge in [-0.15, -0.1) is 11.3 Å². The average Bonchev–Trinajstić information content (AvgIpc) is 3.49. The Morgan fingerprint density at radius 2 is 1.76 bits per heavy atom. The summed E-state index contributed by atoms with van der Waals surface area (Å²) in [6.45, 7) is 1.06. The molecule has 0 radical (unpaired) electrons. The summed E-state index contributed by atoms with van der Waals surface area (Å²) in [7, 11) is 2.76. The van der Waals surface area contributed by atoms with Crippen molar-refractivity contribution in [1.29, 1.82) is 0 Å².